The molecule has 4 heteroatoms. The van der Waals surface area contributed by atoms with Crippen LogP contribution in [-0.2, 0) is 11.2 Å². The number of nitrogens with two attached hydrogens (primary N) is 1. The molecule has 4 nitrogen and oxygen atoms in total. The van der Waals surface area contributed by atoms with Gasteiger partial charge in [0.25, 0.3) is 0 Å². The van der Waals surface area contributed by atoms with E-state index in [0.29, 0.717) is 30.4 Å². The zero-order valence-electron chi connectivity index (χ0n) is 14.3. The lowest BCUT2D eigenvalue weighted by Gasteiger charge is -2.16. The monoisotopic (exact) mass is 316 g/mol. The van der Waals surface area contributed by atoms with Gasteiger partial charge >= 0.3 is 0 Å². The molecule has 2 N–H and O–H groups in total. The van der Waals surface area contributed by atoms with Gasteiger partial charge in [0.05, 0.1) is 0 Å². The van der Waals surface area contributed by atoms with E-state index in [-0.39, 0.29) is 18.1 Å². The van der Waals surface area contributed by atoms with Crippen LogP contribution in [0.25, 0.3) is 0 Å². The maximum absolute atomic E-state index is 12.2. The molecule has 1 aliphatic heterocycles. The third-order valence-electron chi connectivity index (χ3n) is 4.46. The molecule has 1 atom stereocenters. The fourth-order valence-corrected chi connectivity index (χ4v) is 3.07. The van der Waals surface area contributed by atoms with E-state index in [0.717, 1.165) is 25.9 Å². The smallest absolute Gasteiger partial charge is 0.223 e. The zero-order valence-corrected chi connectivity index (χ0v) is 14.3. The lowest BCUT2D eigenvalue weighted by molar-refractivity contribution is -0.130. The minimum Gasteiger partial charge on any atom is -0.342 e. The summed E-state index contributed by atoms with van der Waals surface area (Å²) >= 11 is 0. The van der Waals surface area contributed by atoms with Crippen molar-refractivity contribution in [2.45, 2.75) is 39.5 Å². The summed E-state index contributed by atoms with van der Waals surface area (Å²) in [5.74, 6) is 1.14. The second-order valence-corrected chi connectivity index (χ2v) is 6.95. The second kappa shape index (κ2) is 8.25. The van der Waals surface area contributed by atoms with E-state index >= 15 is 0 Å². The van der Waals surface area contributed by atoms with E-state index in [1.54, 1.807) is 0 Å². The molecule has 0 radical (unpaired) electrons. The first-order valence-corrected chi connectivity index (χ1v) is 8.59. The molecule has 1 amide bonds. The normalized spacial score (nSPS) is 17.7. The highest BCUT2D eigenvalue weighted by Crippen LogP contribution is 2.17. The summed E-state index contributed by atoms with van der Waals surface area (Å²) in [6, 6.07) is 7.79. The Hall–Kier alpha value is -1.68. The summed E-state index contributed by atoms with van der Waals surface area (Å²) in [6.45, 7) is 6.51. The predicted molar refractivity (Wildman–Crippen MR) is 92.3 cm³/mol. The molecule has 0 bridgehead atoms. The molecule has 1 aromatic carbocycles. The van der Waals surface area contributed by atoms with Crippen LogP contribution in [0.15, 0.2) is 24.3 Å². The third kappa shape index (κ3) is 5.17. The van der Waals surface area contributed by atoms with E-state index in [2.05, 4.69) is 13.8 Å². The number of hydrogen-bond acceptors (Lipinski definition) is 3. The maximum Gasteiger partial charge on any atom is 0.223 e. The molecule has 1 unspecified atom stereocenters. The van der Waals surface area contributed by atoms with Crippen LogP contribution in [0.3, 0.4) is 0 Å². The van der Waals surface area contributed by atoms with Gasteiger partial charge in [-0.15, -0.1) is 0 Å². The first-order valence-electron chi connectivity index (χ1n) is 8.59. The predicted octanol–water partition coefficient (Wildman–Crippen LogP) is 2.66. The fourth-order valence-electron chi connectivity index (χ4n) is 3.07. The van der Waals surface area contributed by atoms with Crippen molar-refractivity contribution in [3.8, 4) is 0 Å². The Labute approximate surface area is 139 Å². The molecular formula is C19H28N2O2. The number of carbonyl (C=O) groups excluding carboxylic acids is 2. The Morgan fingerprint density at radius 2 is 1.91 bits per heavy atom. The summed E-state index contributed by atoms with van der Waals surface area (Å²) in [6.07, 6.45) is 2.58. The van der Waals surface area contributed by atoms with Crippen LogP contribution in [0.4, 0.5) is 0 Å². The van der Waals surface area contributed by atoms with Crippen LogP contribution < -0.4 is 5.73 Å². The van der Waals surface area contributed by atoms with Crippen LogP contribution in [0.2, 0.25) is 0 Å². The molecule has 0 aromatic heterocycles. The van der Waals surface area contributed by atoms with Gasteiger partial charge in [-0.3, -0.25) is 9.59 Å². The average molecular weight is 316 g/mol. The van der Waals surface area contributed by atoms with Gasteiger partial charge in [0, 0.05) is 31.5 Å². The van der Waals surface area contributed by atoms with Crippen molar-refractivity contribution < 1.29 is 9.59 Å². The van der Waals surface area contributed by atoms with Crippen molar-refractivity contribution in [1.29, 1.82) is 0 Å². The van der Waals surface area contributed by atoms with Gasteiger partial charge < -0.3 is 10.6 Å². The number of benzene rings is 1. The number of rotatable bonds is 7. The van der Waals surface area contributed by atoms with E-state index in [1.165, 1.54) is 5.56 Å². The Kier molecular flexibility index (Phi) is 6.34. The van der Waals surface area contributed by atoms with Gasteiger partial charge in [-0.05, 0) is 36.8 Å². The maximum atomic E-state index is 12.2. The lowest BCUT2D eigenvalue weighted by Crippen LogP contribution is -2.30. The summed E-state index contributed by atoms with van der Waals surface area (Å²) in [5.41, 5.74) is 7.59. The van der Waals surface area contributed by atoms with Crippen LogP contribution in [0.5, 0.6) is 0 Å². The molecule has 1 aliphatic rings. The minimum absolute atomic E-state index is 0.0454. The van der Waals surface area contributed by atoms with Crippen molar-refractivity contribution in [2.24, 2.45) is 17.6 Å². The standard InChI is InChI=1S/C19H28N2O2/c1-14(2)11-15-3-5-17(6-4-15)18(22)7-8-19(23)21-10-9-16(12-20)13-21/h3-6,14,16H,7-13,20H2,1-2H3. The molecule has 1 aromatic rings. The average Bonchev–Trinajstić information content (AvgIpc) is 3.01. The second-order valence-electron chi connectivity index (χ2n) is 6.95. The van der Waals surface area contributed by atoms with Gasteiger partial charge in [-0.2, -0.15) is 0 Å². The highest BCUT2D eigenvalue weighted by Gasteiger charge is 2.25. The van der Waals surface area contributed by atoms with Crippen molar-refractivity contribution >= 4 is 11.7 Å². The molecule has 0 saturated carbocycles. The Morgan fingerprint density at radius 1 is 1.22 bits per heavy atom. The summed E-state index contributed by atoms with van der Waals surface area (Å²) in [7, 11) is 0. The Bertz CT molecular complexity index is 537. The summed E-state index contributed by atoms with van der Waals surface area (Å²) in [4.78, 5) is 26.2. The molecule has 1 heterocycles. The van der Waals surface area contributed by atoms with E-state index in [4.69, 9.17) is 5.73 Å². The van der Waals surface area contributed by atoms with Gasteiger partial charge in [0.2, 0.25) is 5.91 Å². The molecule has 0 spiro atoms. The van der Waals surface area contributed by atoms with Gasteiger partial charge in [-0.1, -0.05) is 38.1 Å². The van der Waals surface area contributed by atoms with Crippen molar-refractivity contribution in [3.63, 3.8) is 0 Å². The molecular weight excluding hydrogens is 288 g/mol. The van der Waals surface area contributed by atoms with Crippen molar-refractivity contribution in [2.75, 3.05) is 19.6 Å². The number of hydrogen-bond donors (Lipinski definition) is 1. The minimum atomic E-state index is 0.0454. The third-order valence-corrected chi connectivity index (χ3v) is 4.46. The number of carbonyl (C=O) groups is 2. The largest absolute Gasteiger partial charge is 0.342 e. The van der Waals surface area contributed by atoms with E-state index < -0.39 is 0 Å². The topological polar surface area (TPSA) is 63.4 Å². The quantitative estimate of drug-likeness (QED) is 0.787. The molecule has 126 valence electrons. The number of ketones is 1. The lowest BCUT2D eigenvalue weighted by atomic mass is 9.99. The van der Waals surface area contributed by atoms with Crippen molar-refractivity contribution in [3.05, 3.63) is 35.4 Å². The van der Waals surface area contributed by atoms with Gasteiger partial charge in [0.1, 0.15) is 0 Å². The van der Waals surface area contributed by atoms with Crippen LogP contribution in [0, 0.1) is 11.8 Å². The van der Waals surface area contributed by atoms with E-state index in [1.807, 2.05) is 29.2 Å². The Balaban J connectivity index is 1.81. The molecule has 23 heavy (non-hydrogen) atoms. The number of Topliss-reactive ketones (excluding diaryl/α,β-unsaturated/α-hetero) is 1. The van der Waals surface area contributed by atoms with Crippen LogP contribution in [-0.4, -0.2) is 36.2 Å². The Morgan fingerprint density at radius 3 is 2.48 bits per heavy atom. The molecule has 1 fully saturated rings. The molecule has 2 rings (SSSR count). The first kappa shape index (κ1) is 17.7. The van der Waals surface area contributed by atoms with E-state index in [9.17, 15) is 9.59 Å². The molecule has 1 saturated heterocycles. The van der Waals surface area contributed by atoms with Crippen LogP contribution >= 0.6 is 0 Å². The number of amides is 1. The fraction of sp³-hybridized carbons (Fsp3) is 0.579. The highest BCUT2D eigenvalue weighted by atomic mass is 16.2. The molecule has 0 aliphatic carbocycles. The number of likely N-dealkylation sites (tertiary alicyclic amines) is 1. The van der Waals surface area contributed by atoms with Gasteiger partial charge in [-0.25, -0.2) is 0 Å². The van der Waals surface area contributed by atoms with Crippen molar-refractivity contribution in [1.82, 2.24) is 4.90 Å². The summed E-state index contributed by atoms with van der Waals surface area (Å²) in [5, 5.41) is 0. The number of nitrogens with zero attached hydrogens (tertiary/aromatic N) is 1. The SMILES string of the molecule is CC(C)Cc1ccc(C(=O)CCC(=O)N2CCC(CN)C2)cc1. The summed E-state index contributed by atoms with van der Waals surface area (Å²) < 4.78 is 0. The first-order chi connectivity index (χ1) is 11.0. The van der Waals surface area contributed by atoms with Crippen LogP contribution in [0.1, 0.15) is 49.0 Å². The zero-order chi connectivity index (χ0) is 16.8. The van der Waals surface area contributed by atoms with Gasteiger partial charge in [0.15, 0.2) is 5.78 Å². The highest BCUT2D eigenvalue weighted by molar-refractivity contribution is 5.98.